The highest BCUT2D eigenvalue weighted by molar-refractivity contribution is 5.92. The molecule has 0 saturated carbocycles. The summed E-state index contributed by atoms with van der Waals surface area (Å²) < 4.78 is 5.30. The van der Waals surface area contributed by atoms with Gasteiger partial charge in [0.2, 0.25) is 0 Å². The minimum Gasteiger partial charge on any atom is -0.497 e. The van der Waals surface area contributed by atoms with Crippen molar-refractivity contribution >= 4 is 5.91 Å². The van der Waals surface area contributed by atoms with E-state index in [0.29, 0.717) is 12.2 Å². The summed E-state index contributed by atoms with van der Waals surface area (Å²) >= 11 is 0. The molecule has 1 aliphatic heterocycles. The van der Waals surface area contributed by atoms with Gasteiger partial charge < -0.3 is 9.64 Å². The molecule has 1 fully saturated rings. The van der Waals surface area contributed by atoms with Crippen molar-refractivity contribution in [3.8, 4) is 17.0 Å². The Morgan fingerprint density at radius 1 is 1.30 bits per heavy atom. The number of amides is 1. The number of ether oxygens (including phenoxy) is 1. The van der Waals surface area contributed by atoms with E-state index in [2.05, 4.69) is 15.2 Å². The molecule has 0 aliphatic carbocycles. The topological polar surface area (TPSA) is 84.0 Å². The number of carbonyl (C=O) groups excluding carboxylic acids is 1. The second-order valence-corrected chi connectivity index (χ2v) is 6.62. The van der Waals surface area contributed by atoms with Gasteiger partial charge in [-0.15, -0.1) is 0 Å². The molecule has 7 nitrogen and oxygen atoms in total. The van der Waals surface area contributed by atoms with Crippen molar-refractivity contribution in [1.82, 2.24) is 25.1 Å². The third kappa shape index (κ3) is 3.67. The fourth-order valence-electron chi connectivity index (χ4n) is 3.45. The van der Waals surface area contributed by atoms with Crippen molar-refractivity contribution < 1.29 is 9.53 Å². The molecule has 1 amide bonds. The highest BCUT2D eigenvalue weighted by Crippen LogP contribution is 2.28. The van der Waals surface area contributed by atoms with Gasteiger partial charge in [0.1, 0.15) is 11.4 Å². The van der Waals surface area contributed by atoms with Crippen LogP contribution in [-0.2, 0) is 0 Å². The number of likely N-dealkylation sites (tertiary alicyclic amines) is 1. The molecule has 3 heterocycles. The number of rotatable bonds is 4. The largest absolute Gasteiger partial charge is 0.497 e. The van der Waals surface area contributed by atoms with Gasteiger partial charge in [-0.2, -0.15) is 5.10 Å². The van der Waals surface area contributed by atoms with Crippen LogP contribution in [0.4, 0.5) is 0 Å². The van der Waals surface area contributed by atoms with Crippen molar-refractivity contribution in [2.24, 2.45) is 0 Å². The van der Waals surface area contributed by atoms with Crippen LogP contribution in [0.5, 0.6) is 5.75 Å². The number of H-pyrrole nitrogens is 1. The summed E-state index contributed by atoms with van der Waals surface area (Å²) in [5, 5.41) is 6.62. The first-order chi connectivity index (χ1) is 13.2. The Morgan fingerprint density at radius 2 is 2.22 bits per heavy atom. The Balaban J connectivity index is 1.55. The minimum atomic E-state index is -0.0193. The normalized spacial score (nSPS) is 16.9. The fourth-order valence-corrected chi connectivity index (χ4v) is 3.45. The highest BCUT2D eigenvalue weighted by Gasteiger charge is 2.27. The summed E-state index contributed by atoms with van der Waals surface area (Å²) in [5.74, 6) is 0.937. The van der Waals surface area contributed by atoms with Crippen molar-refractivity contribution in [3.05, 3.63) is 60.3 Å². The van der Waals surface area contributed by atoms with E-state index in [-0.39, 0.29) is 11.8 Å². The lowest BCUT2D eigenvalue weighted by Crippen LogP contribution is -2.39. The number of methoxy groups -OCH3 is 1. The predicted molar refractivity (Wildman–Crippen MR) is 100 cm³/mol. The van der Waals surface area contributed by atoms with Gasteiger partial charge in [-0.05, 0) is 31.0 Å². The molecule has 3 aromatic rings. The van der Waals surface area contributed by atoms with E-state index in [1.54, 1.807) is 31.8 Å². The van der Waals surface area contributed by atoms with Gasteiger partial charge in [0, 0.05) is 37.0 Å². The number of piperidine rings is 1. The quantitative estimate of drug-likeness (QED) is 0.770. The van der Waals surface area contributed by atoms with E-state index in [1.165, 1.54) is 0 Å². The monoisotopic (exact) mass is 363 g/mol. The van der Waals surface area contributed by atoms with Crippen molar-refractivity contribution in [2.45, 2.75) is 18.8 Å². The first-order valence-corrected chi connectivity index (χ1v) is 8.99. The van der Waals surface area contributed by atoms with Crippen LogP contribution in [0.3, 0.4) is 0 Å². The summed E-state index contributed by atoms with van der Waals surface area (Å²) in [6.07, 6.45) is 7.09. The lowest BCUT2D eigenvalue weighted by molar-refractivity contribution is 0.0700. The smallest absolute Gasteiger partial charge is 0.271 e. The molecule has 0 unspecified atom stereocenters. The number of benzene rings is 1. The average molecular weight is 363 g/mol. The van der Waals surface area contributed by atoms with E-state index in [4.69, 9.17) is 9.72 Å². The zero-order chi connectivity index (χ0) is 18.6. The maximum atomic E-state index is 12.6. The zero-order valence-electron chi connectivity index (χ0n) is 15.1. The number of aromatic amines is 1. The third-order valence-corrected chi connectivity index (χ3v) is 4.88. The Kier molecular flexibility index (Phi) is 4.82. The number of aromatic nitrogens is 4. The van der Waals surface area contributed by atoms with Gasteiger partial charge in [-0.3, -0.25) is 14.9 Å². The summed E-state index contributed by atoms with van der Waals surface area (Å²) in [4.78, 5) is 23.7. The average Bonchev–Trinajstić information content (AvgIpc) is 3.28. The first-order valence-electron chi connectivity index (χ1n) is 8.99. The summed E-state index contributed by atoms with van der Waals surface area (Å²) in [7, 11) is 1.65. The van der Waals surface area contributed by atoms with Crippen molar-refractivity contribution in [1.29, 1.82) is 0 Å². The van der Waals surface area contributed by atoms with Crippen LogP contribution in [0.2, 0.25) is 0 Å². The van der Waals surface area contributed by atoms with Gasteiger partial charge >= 0.3 is 0 Å². The molecular formula is C20H21N5O2. The molecule has 0 bridgehead atoms. The number of nitrogens with zero attached hydrogens (tertiary/aromatic N) is 4. The Labute approximate surface area is 157 Å². The zero-order valence-corrected chi connectivity index (χ0v) is 15.1. The van der Waals surface area contributed by atoms with Crippen LogP contribution in [0.1, 0.15) is 34.9 Å². The predicted octanol–water partition coefficient (Wildman–Crippen LogP) is 2.90. The highest BCUT2D eigenvalue weighted by atomic mass is 16.5. The van der Waals surface area contributed by atoms with Crippen molar-refractivity contribution in [2.75, 3.05) is 20.2 Å². The lowest BCUT2D eigenvalue weighted by Gasteiger charge is -2.32. The molecule has 1 aromatic carbocycles. The Hall–Kier alpha value is -3.22. The SMILES string of the molecule is COc1cccc(-c2cncc([C@H]3CCCN(C(=O)c4ccn[nH]4)C3)n2)c1. The minimum absolute atomic E-state index is 0.0193. The molecule has 1 saturated heterocycles. The van der Waals surface area contributed by atoms with Gasteiger partial charge in [-0.25, -0.2) is 4.98 Å². The molecule has 4 rings (SSSR count). The second kappa shape index (κ2) is 7.57. The number of carbonyl (C=O) groups is 1. The molecule has 1 aliphatic rings. The fraction of sp³-hybridized carbons (Fsp3) is 0.300. The number of hydrogen-bond donors (Lipinski definition) is 1. The van der Waals surface area contributed by atoms with E-state index in [1.807, 2.05) is 29.2 Å². The van der Waals surface area contributed by atoms with Gasteiger partial charge in [0.15, 0.2) is 0 Å². The summed E-state index contributed by atoms with van der Waals surface area (Å²) in [5.41, 5.74) is 3.21. The molecule has 138 valence electrons. The molecule has 0 radical (unpaired) electrons. The van der Waals surface area contributed by atoms with Crippen LogP contribution in [0, 0.1) is 0 Å². The van der Waals surface area contributed by atoms with Gasteiger partial charge in [-0.1, -0.05) is 12.1 Å². The van der Waals surface area contributed by atoms with Crippen LogP contribution in [0.25, 0.3) is 11.3 Å². The molecule has 1 atom stereocenters. The lowest BCUT2D eigenvalue weighted by atomic mass is 9.94. The van der Waals surface area contributed by atoms with E-state index >= 15 is 0 Å². The molecule has 0 spiro atoms. The van der Waals surface area contributed by atoms with Crippen LogP contribution >= 0.6 is 0 Å². The first kappa shape index (κ1) is 17.2. The Bertz CT molecular complexity index is 926. The van der Waals surface area contributed by atoms with Crippen LogP contribution in [0.15, 0.2) is 48.9 Å². The molecular weight excluding hydrogens is 342 g/mol. The van der Waals surface area contributed by atoms with Gasteiger partial charge in [0.25, 0.3) is 5.91 Å². The number of nitrogens with one attached hydrogen (secondary N) is 1. The van der Waals surface area contributed by atoms with E-state index in [0.717, 1.165) is 42.1 Å². The van der Waals surface area contributed by atoms with E-state index < -0.39 is 0 Å². The molecule has 1 N–H and O–H groups in total. The molecule has 2 aromatic heterocycles. The summed E-state index contributed by atoms with van der Waals surface area (Å²) in [6.45, 7) is 1.38. The van der Waals surface area contributed by atoms with Crippen LogP contribution < -0.4 is 4.74 Å². The second-order valence-electron chi connectivity index (χ2n) is 6.62. The van der Waals surface area contributed by atoms with Gasteiger partial charge in [0.05, 0.1) is 24.7 Å². The Morgan fingerprint density at radius 3 is 3.04 bits per heavy atom. The number of hydrogen-bond acceptors (Lipinski definition) is 5. The van der Waals surface area contributed by atoms with Crippen molar-refractivity contribution in [3.63, 3.8) is 0 Å². The maximum absolute atomic E-state index is 12.6. The van der Waals surface area contributed by atoms with E-state index in [9.17, 15) is 4.79 Å². The summed E-state index contributed by atoms with van der Waals surface area (Å²) in [6, 6.07) is 9.48. The standard InChI is InChI=1S/C20H21N5O2/c1-27-16-6-2-4-14(10-16)18-11-21-12-19(23-18)15-5-3-9-25(13-15)20(26)17-7-8-22-24-17/h2,4,6-8,10-12,15H,3,5,9,13H2,1H3,(H,22,24)/t15-/m0/s1. The third-order valence-electron chi connectivity index (χ3n) is 4.88. The maximum Gasteiger partial charge on any atom is 0.271 e. The molecule has 7 heteroatoms. The molecule has 27 heavy (non-hydrogen) atoms. The van der Waals surface area contributed by atoms with Crippen LogP contribution in [-0.4, -0.2) is 51.2 Å².